The topological polar surface area (TPSA) is 91.5 Å². The number of aliphatic imine (C=N–C) groups is 1. The van der Waals surface area contributed by atoms with Gasteiger partial charge in [0.15, 0.2) is 0 Å². The highest BCUT2D eigenvalue weighted by atomic mass is 16.1. The van der Waals surface area contributed by atoms with Crippen molar-refractivity contribution in [3.8, 4) is 0 Å². The second kappa shape index (κ2) is 7.11. The second-order valence-corrected chi connectivity index (χ2v) is 4.66. The maximum Gasteiger partial charge on any atom is 0.242 e. The Hall–Kier alpha value is -1.30. The van der Waals surface area contributed by atoms with E-state index < -0.39 is 0 Å². The number of carbonyl (C=O) groups is 1. The van der Waals surface area contributed by atoms with E-state index in [-0.39, 0.29) is 18.5 Å². The third kappa shape index (κ3) is 5.53. The molecule has 0 unspecified atom stereocenters. The lowest BCUT2D eigenvalue weighted by atomic mass is 10.2. The standard InChI is InChI=1S/C11H23N5O/c1-8(2)14-10(17)7-13-11(16-12)15-9-5-3-4-6-9/h8-9H,3-7,12H2,1-2H3,(H,14,17)(H2,13,15,16). The van der Waals surface area contributed by atoms with Crippen molar-refractivity contribution in [3.05, 3.63) is 0 Å². The first kappa shape index (κ1) is 13.8. The van der Waals surface area contributed by atoms with Crippen molar-refractivity contribution in [2.24, 2.45) is 10.8 Å². The van der Waals surface area contributed by atoms with E-state index in [1.165, 1.54) is 12.8 Å². The first-order valence-electron chi connectivity index (χ1n) is 6.18. The van der Waals surface area contributed by atoms with Gasteiger partial charge in [-0.2, -0.15) is 0 Å². The minimum Gasteiger partial charge on any atom is -0.353 e. The van der Waals surface area contributed by atoms with Gasteiger partial charge in [0.2, 0.25) is 11.9 Å². The Labute approximate surface area is 102 Å². The highest BCUT2D eigenvalue weighted by Crippen LogP contribution is 2.17. The number of rotatable bonds is 4. The Morgan fingerprint density at radius 2 is 2.06 bits per heavy atom. The maximum absolute atomic E-state index is 11.4. The Balaban J connectivity index is 2.35. The summed E-state index contributed by atoms with van der Waals surface area (Å²) >= 11 is 0. The van der Waals surface area contributed by atoms with E-state index in [1.54, 1.807) is 0 Å². The lowest BCUT2D eigenvalue weighted by Crippen LogP contribution is -2.46. The van der Waals surface area contributed by atoms with E-state index in [4.69, 9.17) is 5.84 Å². The molecule has 98 valence electrons. The predicted molar refractivity (Wildman–Crippen MR) is 68.3 cm³/mol. The van der Waals surface area contributed by atoms with Gasteiger partial charge in [-0.1, -0.05) is 12.8 Å². The molecule has 1 rings (SSSR count). The largest absolute Gasteiger partial charge is 0.353 e. The highest BCUT2D eigenvalue weighted by Gasteiger charge is 2.15. The molecule has 0 aliphatic heterocycles. The monoisotopic (exact) mass is 241 g/mol. The molecule has 1 fully saturated rings. The minimum absolute atomic E-state index is 0.0947. The average Bonchev–Trinajstić information content (AvgIpc) is 2.75. The van der Waals surface area contributed by atoms with E-state index in [2.05, 4.69) is 21.1 Å². The smallest absolute Gasteiger partial charge is 0.242 e. The summed E-state index contributed by atoms with van der Waals surface area (Å²) in [5.74, 6) is 5.76. The predicted octanol–water partition coefficient (Wildman–Crippen LogP) is -0.137. The average molecular weight is 241 g/mol. The fraction of sp³-hybridized carbons (Fsp3) is 0.818. The number of hydrazine groups is 1. The molecule has 1 aliphatic carbocycles. The van der Waals surface area contributed by atoms with Gasteiger partial charge in [-0.25, -0.2) is 10.8 Å². The van der Waals surface area contributed by atoms with Crippen molar-refractivity contribution < 1.29 is 4.79 Å². The van der Waals surface area contributed by atoms with Gasteiger partial charge in [0.05, 0.1) is 0 Å². The molecule has 0 heterocycles. The van der Waals surface area contributed by atoms with Crippen LogP contribution in [0.4, 0.5) is 0 Å². The summed E-state index contributed by atoms with van der Waals surface area (Å²) in [4.78, 5) is 15.5. The highest BCUT2D eigenvalue weighted by molar-refractivity contribution is 5.84. The van der Waals surface area contributed by atoms with Crippen molar-refractivity contribution in [1.29, 1.82) is 0 Å². The molecule has 0 atom stereocenters. The van der Waals surface area contributed by atoms with Gasteiger partial charge in [0.25, 0.3) is 0 Å². The maximum atomic E-state index is 11.4. The Kier molecular flexibility index (Phi) is 5.76. The van der Waals surface area contributed by atoms with Crippen molar-refractivity contribution in [1.82, 2.24) is 16.1 Å². The summed E-state index contributed by atoms with van der Waals surface area (Å²) in [5, 5.41) is 5.98. The van der Waals surface area contributed by atoms with Crippen molar-refractivity contribution in [2.75, 3.05) is 6.54 Å². The molecule has 6 nitrogen and oxygen atoms in total. The molecular weight excluding hydrogens is 218 g/mol. The molecule has 0 aromatic rings. The van der Waals surface area contributed by atoms with Crippen LogP contribution in [-0.2, 0) is 4.79 Å². The molecule has 0 bridgehead atoms. The Morgan fingerprint density at radius 3 is 2.59 bits per heavy atom. The number of carbonyl (C=O) groups excluding carboxylic acids is 1. The second-order valence-electron chi connectivity index (χ2n) is 4.66. The zero-order valence-corrected chi connectivity index (χ0v) is 10.6. The summed E-state index contributed by atoms with van der Waals surface area (Å²) in [5.41, 5.74) is 2.50. The molecule has 1 saturated carbocycles. The first-order chi connectivity index (χ1) is 8.11. The number of hydrogen-bond donors (Lipinski definition) is 4. The molecule has 1 aliphatic rings. The number of amides is 1. The van der Waals surface area contributed by atoms with Crippen LogP contribution >= 0.6 is 0 Å². The molecular formula is C11H23N5O. The molecule has 5 N–H and O–H groups in total. The van der Waals surface area contributed by atoms with Crippen molar-refractivity contribution in [3.63, 3.8) is 0 Å². The SMILES string of the molecule is CC(C)NC(=O)CN=C(NN)NC1CCCC1. The molecule has 17 heavy (non-hydrogen) atoms. The normalized spacial score (nSPS) is 17.3. The number of nitrogens with one attached hydrogen (secondary N) is 3. The number of hydrogen-bond acceptors (Lipinski definition) is 3. The van der Waals surface area contributed by atoms with Gasteiger partial charge in [-0.05, 0) is 26.7 Å². The fourth-order valence-corrected chi connectivity index (χ4v) is 1.91. The van der Waals surface area contributed by atoms with E-state index >= 15 is 0 Å². The number of nitrogens with two attached hydrogens (primary N) is 1. The van der Waals surface area contributed by atoms with Gasteiger partial charge in [-0.3, -0.25) is 10.2 Å². The molecule has 0 saturated heterocycles. The first-order valence-corrected chi connectivity index (χ1v) is 6.18. The summed E-state index contributed by atoms with van der Waals surface area (Å²) in [6.07, 6.45) is 4.75. The summed E-state index contributed by atoms with van der Waals surface area (Å²) in [7, 11) is 0. The summed E-state index contributed by atoms with van der Waals surface area (Å²) in [6.45, 7) is 3.93. The molecule has 0 spiro atoms. The van der Waals surface area contributed by atoms with Crippen molar-refractivity contribution >= 4 is 11.9 Å². The van der Waals surface area contributed by atoms with Gasteiger partial charge in [-0.15, -0.1) is 0 Å². The molecule has 1 amide bonds. The Morgan fingerprint density at radius 1 is 1.41 bits per heavy atom. The lowest BCUT2D eigenvalue weighted by Gasteiger charge is -2.15. The van der Waals surface area contributed by atoms with Crippen LogP contribution in [0.1, 0.15) is 39.5 Å². The minimum atomic E-state index is -0.0963. The van der Waals surface area contributed by atoms with Crippen LogP contribution in [0.25, 0.3) is 0 Å². The van der Waals surface area contributed by atoms with Gasteiger partial charge in [0, 0.05) is 12.1 Å². The van der Waals surface area contributed by atoms with E-state index in [9.17, 15) is 4.79 Å². The summed E-state index contributed by atoms with van der Waals surface area (Å²) < 4.78 is 0. The number of guanidine groups is 1. The quantitative estimate of drug-likeness (QED) is 0.239. The van der Waals surface area contributed by atoms with E-state index in [1.807, 2.05) is 13.8 Å². The molecule has 0 aromatic carbocycles. The van der Waals surface area contributed by atoms with Gasteiger partial charge in [0.1, 0.15) is 6.54 Å². The van der Waals surface area contributed by atoms with Gasteiger partial charge >= 0.3 is 0 Å². The molecule has 0 aromatic heterocycles. The molecule has 0 radical (unpaired) electrons. The van der Waals surface area contributed by atoms with E-state index in [0.717, 1.165) is 12.8 Å². The third-order valence-electron chi connectivity index (χ3n) is 2.66. The van der Waals surface area contributed by atoms with Crippen LogP contribution in [0.5, 0.6) is 0 Å². The Bertz CT molecular complexity index is 271. The number of nitrogens with zero attached hydrogens (tertiary/aromatic N) is 1. The van der Waals surface area contributed by atoms with Crippen LogP contribution in [0, 0.1) is 0 Å². The van der Waals surface area contributed by atoms with Gasteiger partial charge < -0.3 is 10.6 Å². The fourth-order valence-electron chi connectivity index (χ4n) is 1.91. The van der Waals surface area contributed by atoms with Crippen LogP contribution in [-0.4, -0.2) is 30.5 Å². The van der Waals surface area contributed by atoms with Crippen LogP contribution in [0.2, 0.25) is 0 Å². The summed E-state index contributed by atoms with van der Waals surface area (Å²) in [6, 6.07) is 0.563. The third-order valence-corrected chi connectivity index (χ3v) is 2.66. The molecule has 6 heteroatoms. The zero-order chi connectivity index (χ0) is 12.7. The van der Waals surface area contributed by atoms with E-state index in [0.29, 0.717) is 12.0 Å². The lowest BCUT2D eigenvalue weighted by molar-refractivity contribution is -0.120. The van der Waals surface area contributed by atoms with Crippen LogP contribution in [0.3, 0.4) is 0 Å². The van der Waals surface area contributed by atoms with Crippen molar-refractivity contribution in [2.45, 2.75) is 51.6 Å². The van der Waals surface area contributed by atoms with Crippen LogP contribution in [0.15, 0.2) is 4.99 Å². The van der Waals surface area contributed by atoms with Crippen LogP contribution < -0.4 is 21.9 Å². The zero-order valence-electron chi connectivity index (χ0n) is 10.6.